The first kappa shape index (κ1) is 31.3. The molecule has 0 radical (unpaired) electrons. The van der Waals surface area contributed by atoms with Crippen LogP contribution >= 0.6 is 11.8 Å². The third-order valence-electron chi connectivity index (χ3n) is 8.11. The molecule has 0 amide bonds. The van der Waals surface area contributed by atoms with E-state index < -0.39 is 5.82 Å². The monoisotopic (exact) mass is 639 g/mol. The number of nitrogens with zero attached hydrogens (tertiary/aromatic N) is 7. The molecule has 1 aliphatic rings. The molecule has 0 aliphatic carbocycles. The average Bonchev–Trinajstić information content (AvgIpc) is 3.68. The third-order valence-corrected chi connectivity index (χ3v) is 9.19. The molecule has 1 saturated heterocycles. The van der Waals surface area contributed by atoms with Gasteiger partial charge < -0.3 is 18.6 Å². The molecule has 0 bridgehead atoms. The van der Waals surface area contributed by atoms with Crippen LogP contribution in [0.4, 0.5) is 4.39 Å². The second kappa shape index (κ2) is 14.1. The van der Waals surface area contributed by atoms with Gasteiger partial charge in [-0.1, -0.05) is 6.07 Å². The number of benzene rings is 2. The predicted molar refractivity (Wildman–Crippen MR) is 172 cm³/mol. The predicted octanol–water partition coefficient (Wildman–Crippen LogP) is 5.83. The van der Waals surface area contributed by atoms with Crippen LogP contribution in [0.1, 0.15) is 52.9 Å². The molecule has 1 aliphatic heterocycles. The Morgan fingerprint density at radius 2 is 1.96 bits per heavy atom. The van der Waals surface area contributed by atoms with E-state index in [1.807, 2.05) is 48.9 Å². The number of ether oxygens (including phenoxy) is 2. The van der Waals surface area contributed by atoms with Crippen molar-refractivity contribution in [2.45, 2.75) is 56.2 Å². The molecule has 10 nitrogen and oxygen atoms in total. The van der Waals surface area contributed by atoms with Crippen molar-refractivity contribution in [2.75, 3.05) is 20.2 Å². The van der Waals surface area contributed by atoms with Gasteiger partial charge in [0, 0.05) is 42.5 Å². The molecule has 6 rings (SSSR count). The van der Waals surface area contributed by atoms with Crippen LogP contribution in [0, 0.1) is 17.1 Å². The fourth-order valence-corrected chi connectivity index (χ4v) is 6.47. The summed E-state index contributed by atoms with van der Waals surface area (Å²) in [4.78, 5) is 29.1. The van der Waals surface area contributed by atoms with Gasteiger partial charge in [0.15, 0.2) is 0 Å². The Bertz CT molecular complexity index is 1890. The summed E-state index contributed by atoms with van der Waals surface area (Å²) in [6, 6.07) is 17.6. The minimum atomic E-state index is -0.405. The molecular formula is C34H34FN7O3S. The zero-order valence-electron chi connectivity index (χ0n) is 25.7. The molecule has 46 heavy (non-hydrogen) atoms. The highest BCUT2D eigenvalue weighted by atomic mass is 32.2. The smallest absolute Gasteiger partial charge is 0.337 e. The minimum Gasteiger partial charge on any atom is -0.474 e. The molecule has 236 valence electrons. The standard InChI is InChI=1S/C34H34FN7O3S/c1-3-41-22-37-18-26(41)19-42-30-16-24(34(43)44-2)8-9-29(30)39-32(42)20-40-13-11-27(12-14-40)45-33-6-4-5-25(38-33)21-46-31-10-7-23(17-36)15-28(31)35/h4-10,15-16,18,22,27H,3,11-14,19-21H2,1-2H3. The molecule has 0 atom stereocenters. The number of esters is 1. The number of likely N-dealkylation sites (tertiary alicyclic amines) is 1. The third kappa shape index (κ3) is 7.06. The topological polar surface area (TPSA) is 111 Å². The van der Waals surface area contributed by atoms with Crippen LogP contribution in [0.5, 0.6) is 5.88 Å². The van der Waals surface area contributed by atoms with Gasteiger partial charge in [0.1, 0.15) is 17.7 Å². The van der Waals surface area contributed by atoms with Crippen molar-refractivity contribution in [1.29, 1.82) is 5.26 Å². The number of nitriles is 1. The number of aryl methyl sites for hydroxylation is 1. The summed E-state index contributed by atoms with van der Waals surface area (Å²) in [5, 5.41) is 8.97. The maximum Gasteiger partial charge on any atom is 0.337 e. The molecule has 2 aromatic carbocycles. The summed E-state index contributed by atoms with van der Waals surface area (Å²) in [5.74, 6) is 1.19. The number of aromatic nitrogens is 5. The Hall–Kier alpha value is -4.73. The van der Waals surface area contributed by atoms with E-state index in [0.717, 1.165) is 60.7 Å². The quantitative estimate of drug-likeness (QED) is 0.130. The van der Waals surface area contributed by atoms with Gasteiger partial charge >= 0.3 is 5.97 Å². The Morgan fingerprint density at radius 3 is 2.72 bits per heavy atom. The number of hydrogen-bond acceptors (Lipinski definition) is 9. The minimum absolute atomic E-state index is 0.0305. The summed E-state index contributed by atoms with van der Waals surface area (Å²) in [7, 11) is 1.38. The molecule has 0 spiro atoms. The number of hydrogen-bond donors (Lipinski definition) is 0. The molecule has 5 aromatic rings. The first-order chi connectivity index (χ1) is 22.4. The number of carbonyl (C=O) groups excluding carboxylic acids is 1. The van der Waals surface area contributed by atoms with Crippen molar-refractivity contribution in [1.82, 2.24) is 29.0 Å². The van der Waals surface area contributed by atoms with Gasteiger partial charge in [-0.25, -0.2) is 24.1 Å². The van der Waals surface area contributed by atoms with Gasteiger partial charge in [-0.05, 0) is 62.2 Å². The zero-order chi connectivity index (χ0) is 32.0. The van der Waals surface area contributed by atoms with E-state index in [2.05, 4.69) is 30.9 Å². The van der Waals surface area contributed by atoms with Gasteiger partial charge in [-0.2, -0.15) is 5.26 Å². The highest BCUT2D eigenvalue weighted by Gasteiger charge is 2.24. The van der Waals surface area contributed by atoms with Gasteiger partial charge in [0.2, 0.25) is 5.88 Å². The lowest BCUT2D eigenvalue weighted by atomic mass is 10.1. The van der Waals surface area contributed by atoms with Gasteiger partial charge in [0.25, 0.3) is 0 Å². The van der Waals surface area contributed by atoms with E-state index in [-0.39, 0.29) is 12.1 Å². The second-order valence-electron chi connectivity index (χ2n) is 11.1. The molecular weight excluding hydrogens is 605 g/mol. The van der Waals surface area contributed by atoms with Crippen LogP contribution in [0.15, 0.2) is 72.0 Å². The largest absolute Gasteiger partial charge is 0.474 e. The lowest BCUT2D eigenvalue weighted by Crippen LogP contribution is -2.38. The van der Waals surface area contributed by atoms with Crippen LogP contribution in [0.2, 0.25) is 0 Å². The van der Waals surface area contributed by atoms with Crippen LogP contribution in [-0.4, -0.2) is 61.3 Å². The van der Waals surface area contributed by atoms with E-state index in [1.54, 1.807) is 18.2 Å². The van der Waals surface area contributed by atoms with Gasteiger partial charge in [-0.15, -0.1) is 11.8 Å². The summed E-state index contributed by atoms with van der Waals surface area (Å²) < 4.78 is 29.8. The SMILES string of the molecule is CCn1cncc1Cn1c(CN2CCC(Oc3cccc(CSc4ccc(C#N)cc4F)n3)CC2)nc2ccc(C(=O)OC)cc21. The number of carbonyl (C=O) groups is 1. The van der Waals surface area contributed by atoms with Crippen molar-refractivity contribution in [2.24, 2.45) is 0 Å². The summed E-state index contributed by atoms with van der Waals surface area (Å²) in [6.45, 7) is 5.81. The molecule has 0 unspecified atom stereocenters. The van der Waals surface area contributed by atoms with Crippen molar-refractivity contribution in [3.05, 3.63) is 101 Å². The molecule has 3 aromatic heterocycles. The number of fused-ring (bicyclic) bond motifs is 1. The average molecular weight is 640 g/mol. The van der Waals surface area contributed by atoms with Gasteiger partial charge in [0.05, 0.1) is 66.1 Å². The van der Waals surface area contributed by atoms with Crippen LogP contribution in [-0.2, 0) is 30.1 Å². The van der Waals surface area contributed by atoms with E-state index in [9.17, 15) is 9.18 Å². The van der Waals surface area contributed by atoms with Crippen LogP contribution in [0.25, 0.3) is 11.0 Å². The van der Waals surface area contributed by atoms with Crippen LogP contribution in [0.3, 0.4) is 0 Å². The second-order valence-corrected chi connectivity index (χ2v) is 12.1. The van der Waals surface area contributed by atoms with Crippen molar-refractivity contribution in [3.63, 3.8) is 0 Å². The lowest BCUT2D eigenvalue weighted by molar-refractivity contribution is 0.0601. The Balaban J connectivity index is 1.10. The van der Waals surface area contributed by atoms with E-state index >= 15 is 0 Å². The number of piperidine rings is 1. The Kier molecular flexibility index (Phi) is 9.61. The molecule has 0 saturated carbocycles. The highest BCUT2D eigenvalue weighted by Crippen LogP contribution is 2.27. The number of imidazole rings is 2. The first-order valence-electron chi connectivity index (χ1n) is 15.2. The number of pyridine rings is 1. The normalized spacial score (nSPS) is 14.0. The molecule has 12 heteroatoms. The highest BCUT2D eigenvalue weighted by molar-refractivity contribution is 7.98. The summed E-state index contributed by atoms with van der Waals surface area (Å²) in [6.07, 6.45) is 5.41. The van der Waals surface area contributed by atoms with Crippen molar-refractivity contribution < 1.29 is 18.7 Å². The van der Waals surface area contributed by atoms with E-state index in [4.69, 9.17) is 19.7 Å². The number of methoxy groups -OCH3 is 1. The molecule has 0 N–H and O–H groups in total. The maximum atomic E-state index is 14.3. The van der Waals surface area contributed by atoms with Crippen molar-refractivity contribution in [3.8, 4) is 11.9 Å². The Morgan fingerprint density at radius 1 is 1.11 bits per heavy atom. The summed E-state index contributed by atoms with van der Waals surface area (Å²) in [5.41, 5.74) is 4.36. The maximum absolute atomic E-state index is 14.3. The Labute approximate surface area is 270 Å². The lowest BCUT2D eigenvalue weighted by Gasteiger charge is -2.31. The van der Waals surface area contributed by atoms with Crippen LogP contribution < -0.4 is 4.74 Å². The van der Waals surface area contributed by atoms with Gasteiger partial charge in [-0.3, -0.25) is 4.90 Å². The number of thioether (sulfide) groups is 1. The van der Waals surface area contributed by atoms with E-state index in [0.29, 0.717) is 40.7 Å². The summed E-state index contributed by atoms with van der Waals surface area (Å²) >= 11 is 1.34. The van der Waals surface area contributed by atoms with E-state index in [1.165, 1.54) is 24.9 Å². The zero-order valence-corrected chi connectivity index (χ0v) is 26.5. The number of rotatable bonds is 11. The fraction of sp³-hybridized carbons (Fsp3) is 0.324. The number of halogens is 1. The van der Waals surface area contributed by atoms with Crippen molar-refractivity contribution >= 4 is 28.8 Å². The first-order valence-corrected chi connectivity index (χ1v) is 16.2. The fourth-order valence-electron chi connectivity index (χ4n) is 5.64. The molecule has 4 heterocycles. The molecule has 1 fully saturated rings.